The van der Waals surface area contributed by atoms with Crippen LogP contribution in [0.1, 0.15) is 129 Å². The number of rotatable bonds is 31. The summed E-state index contributed by atoms with van der Waals surface area (Å²) in [5.74, 6) is -1.01. The molecule has 1 atom stereocenters. The van der Waals surface area contributed by atoms with Crippen LogP contribution in [-0.4, -0.2) is 41.0 Å². The summed E-state index contributed by atoms with van der Waals surface area (Å²) in [5.41, 5.74) is 0. The Labute approximate surface area is 291 Å². The van der Waals surface area contributed by atoms with Crippen LogP contribution in [0, 0.1) is 0 Å². The van der Waals surface area contributed by atoms with Crippen LogP contribution in [0.4, 0.5) is 0 Å². The Morgan fingerprint density at radius 3 is 1.58 bits per heavy atom. The van der Waals surface area contributed by atoms with Crippen molar-refractivity contribution in [1.29, 1.82) is 0 Å². The summed E-state index contributed by atoms with van der Waals surface area (Å²) in [4.78, 5) is 42.5. The van der Waals surface area contributed by atoms with Crippen molar-refractivity contribution in [2.24, 2.45) is 0 Å². The highest BCUT2D eigenvalue weighted by Crippen LogP contribution is 2.35. The van der Waals surface area contributed by atoms with Gasteiger partial charge >= 0.3 is 19.8 Å². The summed E-state index contributed by atoms with van der Waals surface area (Å²) < 4.78 is 26.1. The largest absolute Gasteiger partial charge is 0.469 e. The van der Waals surface area contributed by atoms with Crippen LogP contribution in [0.15, 0.2) is 85.1 Å². The zero-order chi connectivity index (χ0) is 35.4. The molecular weight excluding hydrogens is 627 g/mol. The molecule has 0 aromatic rings. The normalized spacial score (nSPS) is 13.5. The van der Waals surface area contributed by atoms with Crippen molar-refractivity contribution in [2.45, 2.75) is 136 Å². The number of hydrogen-bond acceptors (Lipinski definition) is 6. The van der Waals surface area contributed by atoms with Crippen LogP contribution in [0.3, 0.4) is 0 Å². The van der Waals surface area contributed by atoms with Gasteiger partial charge in [0.25, 0.3) is 0 Å². The minimum atomic E-state index is -4.77. The van der Waals surface area contributed by atoms with E-state index in [1.54, 1.807) is 0 Å². The Morgan fingerprint density at radius 2 is 1.04 bits per heavy atom. The number of hydrogen-bond donors (Lipinski definition) is 2. The minimum absolute atomic E-state index is 0.0804. The first-order chi connectivity index (χ1) is 23.3. The fourth-order valence-electron chi connectivity index (χ4n) is 4.26. The minimum Gasteiger partial charge on any atom is -0.462 e. The molecule has 0 aromatic carbocycles. The van der Waals surface area contributed by atoms with Crippen molar-refractivity contribution in [3.63, 3.8) is 0 Å². The average molecular weight is 691 g/mol. The van der Waals surface area contributed by atoms with Crippen molar-refractivity contribution in [1.82, 2.24) is 0 Å². The predicted molar refractivity (Wildman–Crippen MR) is 197 cm³/mol. The molecule has 0 aromatic heterocycles. The molecule has 0 amide bonds. The molecule has 0 rings (SSSR count). The monoisotopic (exact) mass is 690 g/mol. The Morgan fingerprint density at radius 1 is 0.562 bits per heavy atom. The molecule has 0 saturated carbocycles. The van der Waals surface area contributed by atoms with E-state index in [2.05, 4.69) is 91.3 Å². The van der Waals surface area contributed by atoms with Gasteiger partial charge in [0.2, 0.25) is 0 Å². The maximum Gasteiger partial charge on any atom is 0.469 e. The van der Waals surface area contributed by atoms with Gasteiger partial charge in [0, 0.05) is 12.8 Å². The molecule has 2 N–H and O–H groups in total. The summed E-state index contributed by atoms with van der Waals surface area (Å²) in [6.45, 7) is 3.43. The smallest absolute Gasteiger partial charge is 0.462 e. The van der Waals surface area contributed by atoms with Crippen molar-refractivity contribution in [2.75, 3.05) is 13.2 Å². The molecule has 8 nitrogen and oxygen atoms in total. The molecule has 0 spiro atoms. The average Bonchev–Trinajstić information content (AvgIpc) is 3.05. The second kappa shape index (κ2) is 34.1. The third-order valence-electron chi connectivity index (χ3n) is 6.91. The molecule has 0 aliphatic rings. The predicted octanol–water partition coefficient (Wildman–Crippen LogP) is 10.5. The quantitative estimate of drug-likeness (QED) is 0.0319. The van der Waals surface area contributed by atoms with Gasteiger partial charge in [-0.15, -0.1) is 0 Å². The van der Waals surface area contributed by atoms with E-state index in [4.69, 9.17) is 19.3 Å². The van der Waals surface area contributed by atoms with Gasteiger partial charge in [-0.3, -0.25) is 14.1 Å². The SMILES string of the molecule is CC/C=C\C/C=C\C/C=C\C/C=C\C/C=C\C/C=C\CCC(=O)O[C@H](COC(=O)CCCCCCC/C=C\CCCC)COP(=O)(O)O. The highest BCUT2D eigenvalue weighted by Gasteiger charge is 2.22. The Bertz CT molecular complexity index is 1050. The fraction of sp³-hybridized carbons (Fsp3) is 0.590. The third kappa shape index (κ3) is 36.1. The number of carbonyl (C=O) groups excluding carboxylic acids is 2. The van der Waals surface area contributed by atoms with Crippen molar-refractivity contribution in [3.8, 4) is 0 Å². The molecule has 0 radical (unpaired) electrons. The fourth-order valence-corrected chi connectivity index (χ4v) is 4.62. The summed E-state index contributed by atoms with van der Waals surface area (Å²) in [6.07, 6.45) is 44.6. The Hall–Kier alpha value is -2.77. The van der Waals surface area contributed by atoms with E-state index in [-0.39, 0.29) is 19.4 Å². The van der Waals surface area contributed by atoms with Gasteiger partial charge in [-0.1, -0.05) is 131 Å². The van der Waals surface area contributed by atoms with Crippen LogP contribution < -0.4 is 0 Å². The molecule has 0 bridgehead atoms. The summed E-state index contributed by atoms with van der Waals surface area (Å²) in [6, 6.07) is 0. The molecule has 0 aliphatic carbocycles. The van der Waals surface area contributed by atoms with Gasteiger partial charge in [-0.05, 0) is 70.6 Å². The number of esters is 2. The topological polar surface area (TPSA) is 119 Å². The lowest BCUT2D eigenvalue weighted by Crippen LogP contribution is -2.29. The molecule has 0 saturated heterocycles. The molecule has 0 aliphatic heterocycles. The van der Waals surface area contributed by atoms with Crippen LogP contribution in [0.5, 0.6) is 0 Å². The molecule has 0 unspecified atom stereocenters. The van der Waals surface area contributed by atoms with Gasteiger partial charge in [0.15, 0.2) is 6.10 Å². The Balaban J connectivity index is 4.17. The highest BCUT2D eigenvalue weighted by atomic mass is 31.2. The first-order valence-electron chi connectivity index (χ1n) is 17.9. The van der Waals surface area contributed by atoms with Crippen molar-refractivity contribution in [3.05, 3.63) is 85.1 Å². The highest BCUT2D eigenvalue weighted by molar-refractivity contribution is 7.46. The van der Waals surface area contributed by atoms with Gasteiger partial charge in [-0.25, -0.2) is 4.57 Å². The van der Waals surface area contributed by atoms with Gasteiger partial charge in [-0.2, -0.15) is 0 Å². The van der Waals surface area contributed by atoms with E-state index < -0.39 is 32.5 Å². The maximum absolute atomic E-state index is 12.3. The number of ether oxygens (including phenoxy) is 2. The molecule has 48 heavy (non-hydrogen) atoms. The standard InChI is InChI=1S/C39H63O8P/c1-3-5-7-9-11-13-15-16-17-18-19-20-21-22-24-26-28-30-32-34-39(41)47-37(36-46-48(42,43)44)35-45-38(40)33-31-29-27-25-23-14-12-10-8-6-4-2/h5,7,10-13,16-17,19-20,22,24,28,30,37H,3-4,6,8-9,14-15,18,21,23,25-27,29,31-36H2,1-2H3,(H2,42,43,44)/b7-5-,12-10-,13-11-,17-16-,20-19-,24-22-,30-28-/t37-/m1/s1. The van der Waals surface area contributed by atoms with Crippen LogP contribution in [0.25, 0.3) is 0 Å². The zero-order valence-electron chi connectivity index (χ0n) is 29.6. The van der Waals surface area contributed by atoms with E-state index in [1.165, 1.54) is 12.8 Å². The molecule has 272 valence electrons. The summed E-state index contributed by atoms with van der Waals surface area (Å²) in [7, 11) is -4.77. The lowest BCUT2D eigenvalue weighted by atomic mass is 10.1. The number of phosphoric acid groups is 1. The lowest BCUT2D eigenvalue weighted by Gasteiger charge is -2.18. The first-order valence-corrected chi connectivity index (χ1v) is 19.4. The number of unbranched alkanes of at least 4 members (excludes halogenated alkanes) is 7. The third-order valence-corrected chi connectivity index (χ3v) is 7.40. The number of carbonyl (C=O) groups is 2. The van der Waals surface area contributed by atoms with E-state index >= 15 is 0 Å². The van der Waals surface area contributed by atoms with Crippen LogP contribution >= 0.6 is 7.82 Å². The summed E-state index contributed by atoms with van der Waals surface area (Å²) >= 11 is 0. The maximum atomic E-state index is 12.3. The summed E-state index contributed by atoms with van der Waals surface area (Å²) in [5, 5.41) is 0. The number of allylic oxidation sites excluding steroid dienone is 14. The molecule has 9 heteroatoms. The Kier molecular flexibility index (Phi) is 32.1. The van der Waals surface area contributed by atoms with E-state index in [1.807, 2.05) is 12.2 Å². The van der Waals surface area contributed by atoms with E-state index in [9.17, 15) is 14.2 Å². The van der Waals surface area contributed by atoms with Gasteiger partial charge < -0.3 is 19.3 Å². The van der Waals surface area contributed by atoms with Crippen LogP contribution in [0.2, 0.25) is 0 Å². The second-order valence-electron chi connectivity index (χ2n) is 11.5. The molecule has 0 heterocycles. The van der Waals surface area contributed by atoms with Crippen molar-refractivity contribution >= 4 is 19.8 Å². The molecule has 0 fully saturated rings. The van der Waals surface area contributed by atoms with Gasteiger partial charge in [0.05, 0.1) is 6.61 Å². The first kappa shape index (κ1) is 45.2. The van der Waals surface area contributed by atoms with Crippen LogP contribution in [-0.2, 0) is 28.2 Å². The zero-order valence-corrected chi connectivity index (χ0v) is 30.5. The lowest BCUT2D eigenvalue weighted by molar-refractivity contribution is -0.161. The molecular formula is C39H63O8P. The van der Waals surface area contributed by atoms with Gasteiger partial charge in [0.1, 0.15) is 6.61 Å². The number of phosphoric ester groups is 1. The second-order valence-corrected chi connectivity index (χ2v) is 12.7. The van der Waals surface area contributed by atoms with E-state index in [0.29, 0.717) is 12.8 Å². The van der Waals surface area contributed by atoms with E-state index in [0.717, 1.165) is 77.0 Å². The van der Waals surface area contributed by atoms with Crippen molar-refractivity contribution < 1.29 is 37.9 Å².